The van der Waals surface area contributed by atoms with E-state index in [2.05, 4.69) is 41.5 Å². The van der Waals surface area contributed by atoms with Crippen LogP contribution >= 0.6 is 11.6 Å². The second kappa shape index (κ2) is 16.6. The number of piperazine rings is 1. The molecule has 0 unspecified atom stereocenters. The Morgan fingerprint density at radius 1 is 0.981 bits per heavy atom. The highest BCUT2D eigenvalue weighted by atomic mass is 35.5. The van der Waals surface area contributed by atoms with Gasteiger partial charge in [-0.2, -0.15) is 0 Å². The first kappa shape index (κ1) is 38.6. The number of nitrogens with one attached hydrogen (secondary N) is 1. The minimum absolute atomic E-state index is 0.235. The van der Waals surface area contributed by atoms with Crippen molar-refractivity contribution in [1.29, 1.82) is 0 Å². The van der Waals surface area contributed by atoms with Crippen molar-refractivity contribution in [2.45, 2.75) is 69.8 Å². The van der Waals surface area contributed by atoms with Crippen LogP contribution in [0.5, 0.6) is 5.75 Å². The molecule has 1 N–H and O–H groups in total. The van der Waals surface area contributed by atoms with Crippen LogP contribution in [0.4, 0.5) is 11.6 Å². The van der Waals surface area contributed by atoms with Gasteiger partial charge in [0.1, 0.15) is 18.0 Å². The molecule has 13 heteroatoms. The first-order valence-electron chi connectivity index (χ1n) is 19.4. The smallest absolute Gasteiger partial charge is 0.264 e. The monoisotopic (exact) mass is 776 g/mol. The zero-order valence-corrected chi connectivity index (χ0v) is 33.2. The number of allylic oxidation sites excluding steroid dienone is 1. The standard InChI is InChI=1S/C41H53ClN6O5S/c1-29-8-6-16-41(52-3,28-46-20-22-47(23-21-46)40-43-17-7-18-44-40)36-14-11-33(36)26-48-19-5-4-9-31-24-35(42)13-10-34(31)27-53-38-15-12-32(25-37(38)48)39(49)45-54(50,51)30(29)2/h6-7,10,12-13,15-18,24-25,29-30,33,36H,4-5,8-9,11,14,19-23,26-28H2,1-3H3,(H,45,49)/b16-6+/t29-,30+,33-,36+,41+/m0/s1. The highest BCUT2D eigenvalue weighted by Gasteiger charge is 2.48. The number of nitrogens with zero attached hydrogens (tertiary/aromatic N) is 5. The van der Waals surface area contributed by atoms with E-state index in [0.717, 1.165) is 95.1 Å². The van der Waals surface area contributed by atoms with Gasteiger partial charge in [0.05, 0.1) is 10.9 Å². The van der Waals surface area contributed by atoms with Gasteiger partial charge < -0.3 is 19.3 Å². The number of carbonyl (C=O) groups is 1. The Morgan fingerprint density at radius 3 is 2.52 bits per heavy atom. The van der Waals surface area contributed by atoms with Crippen molar-refractivity contribution in [3.63, 3.8) is 0 Å². The summed E-state index contributed by atoms with van der Waals surface area (Å²) in [5.74, 6) is 1.10. The molecule has 54 heavy (non-hydrogen) atoms. The molecule has 3 aromatic rings. The first-order valence-corrected chi connectivity index (χ1v) is 21.3. The van der Waals surface area contributed by atoms with Crippen molar-refractivity contribution in [3.05, 3.63) is 88.7 Å². The molecule has 4 heterocycles. The maximum atomic E-state index is 13.6. The van der Waals surface area contributed by atoms with E-state index in [9.17, 15) is 13.2 Å². The highest BCUT2D eigenvalue weighted by Crippen LogP contribution is 2.47. The molecule has 1 saturated heterocycles. The third-order valence-corrected chi connectivity index (χ3v) is 14.4. The minimum Gasteiger partial charge on any atom is -0.487 e. The van der Waals surface area contributed by atoms with Crippen LogP contribution in [0, 0.1) is 17.8 Å². The van der Waals surface area contributed by atoms with Crippen molar-refractivity contribution in [2.24, 2.45) is 17.8 Å². The summed E-state index contributed by atoms with van der Waals surface area (Å²) in [6, 6.07) is 13.1. The number of fused-ring (bicyclic) bond motifs is 3. The lowest BCUT2D eigenvalue weighted by Gasteiger charge is -2.52. The lowest BCUT2D eigenvalue weighted by molar-refractivity contribution is -0.0919. The Hall–Kier alpha value is -3.71. The Morgan fingerprint density at radius 2 is 1.78 bits per heavy atom. The van der Waals surface area contributed by atoms with Gasteiger partial charge in [-0.3, -0.25) is 9.69 Å². The molecule has 1 aromatic heterocycles. The molecule has 7 rings (SSSR count). The second-order valence-corrected chi connectivity index (χ2v) is 18.0. The van der Waals surface area contributed by atoms with Crippen LogP contribution in [0.25, 0.3) is 0 Å². The van der Waals surface area contributed by atoms with Crippen LogP contribution in [0.3, 0.4) is 0 Å². The Kier molecular flexibility index (Phi) is 11.8. The summed E-state index contributed by atoms with van der Waals surface area (Å²) in [5, 5.41) is -0.0860. The number of ether oxygens (including phenoxy) is 2. The third-order valence-electron chi connectivity index (χ3n) is 12.2. The van der Waals surface area contributed by atoms with Gasteiger partial charge in [-0.25, -0.2) is 23.1 Å². The van der Waals surface area contributed by atoms with Gasteiger partial charge in [-0.05, 0) is 111 Å². The fraction of sp³-hybridized carbons (Fsp3) is 0.537. The Balaban J connectivity index is 1.22. The van der Waals surface area contributed by atoms with Gasteiger partial charge in [0, 0.05) is 75.9 Å². The van der Waals surface area contributed by atoms with E-state index >= 15 is 0 Å². The van der Waals surface area contributed by atoms with Crippen LogP contribution in [-0.2, 0) is 27.8 Å². The predicted octanol–water partition coefficient (Wildman–Crippen LogP) is 6.13. The van der Waals surface area contributed by atoms with E-state index in [-0.39, 0.29) is 17.4 Å². The molecule has 1 aliphatic carbocycles. The quantitative estimate of drug-likeness (QED) is 0.311. The van der Waals surface area contributed by atoms with E-state index in [1.165, 1.54) is 5.56 Å². The molecule has 2 aromatic carbocycles. The van der Waals surface area contributed by atoms with Crippen molar-refractivity contribution in [3.8, 4) is 5.75 Å². The van der Waals surface area contributed by atoms with Crippen molar-refractivity contribution in [1.82, 2.24) is 19.6 Å². The van der Waals surface area contributed by atoms with Gasteiger partial charge in [-0.1, -0.05) is 36.7 Å². The van der Waals surface area contributed by atoms with Gasteiger partial charge in [-0.15, -0.1) is 0 Å². The molecule has 290 valence electrons. The SMILES string of the molecule is CO[C@@]1(CN2CCN(c3ncccn3)CC2)/C=C/C[C@H](C)[C@@H](C)S(=O)(=O)NC(=O)c2ccc3c(c2)N(CCCCc2cc(Cl)ccc2CO3)C[C@@H]2CC[C@H]21. The summed E-state index contributed by atoms with van der Waals surface area (Å²) in [6.07, 6.45) is 13.3. The molecule has 1 saturated carbocycles. The number of hydrogen-bond donors (Lipinski definition) is 1. The largest absolute Gasteiger partial charge is 0.487 e. The number of amides is 1. The zero-order chi connectivity index (χ0) is 37.9. The maximum absolute atomic E-state index is 13.6. The van der Waals surface area contributed by atoms with E-state index in [0.29, 0.717) is 29.7 Å². The normalized spacial score (nSPS) is 28.6. The van der Waals surface area contributed by atoms with Gasteiger partial charge in [0.25, 0.3) is 5.91 Å². The summed E-state index contributed by atoms with van der Waals surface area (Å²) in [7, 11) is -2.15. The van der Waals surface area contributed by atoms with Gasteiger partial charge >= 0.3 is 0 Å². The van der Waals surface area contributed by atoms with Crippen LogP contribution in [0.2, 0.25) is 5.02 Å². The molecule has 4 aliphatic rings. The maximum Gasteiger partial charge on any atom is 0.264 e. The molecule has 3 aliphatic heterocycles. The van der Waals surface area contributed by atoms with E-state index < -0.39 is 26.8 Å². The number of sulfonamides is 1. The third kappa shape index (κ3) is 8.41. The number of benzene rings is 2. The molecule has 2 fully saturated rings. The summed E-state index contributed by atoms with van der Waals surface area (Å²) in [4.78, 5) is 29.6. The van der Waals surface area contributed by atoms with Crippen LogP contribution in [-0.4, -0.2) is 93.0 Å². The zero-order valence-electron chi connectivity index (χ0n) is 31.6. The minimum atomic E-state index is -3.97. The van der Waals surface area contributed by atoms with Crippen LogP contribution in [0.15, 0.2) is 67.0 Å². The molecule has 1 amide bonds. The molecule has 2 bridgehead atoms. The number of halogens is 1. The Bertz CT molecular complexity index is 1920. The number of aryl methyl sites for hydroxylation is 1. The van der Waals surface area contributed by atoms with E-state index in [4.69, 9.17) is 21.1 Å². The first-order chi connectivity index (χ1) is 26.0. The van der Waals surface area contributed by atoms with E-state index in [1.54, 1.807) is 25.4 Å². The van der Waals surface area contributed by atoms with Crippen molar-refractivity contribution < 1.29 is 22.7 Å². The molecule has 5 atom stereocenters. The number of rotatable bonds is 4. The summed E-state index contributed by atoms with van der Waals surface area (Å²) < 4.78 is 42.8. The molecule has 11 nitrogen and oxygen atoms in total. The lowest BCUT2D eigenvalue weighted by atomic mass is 9.63. The molecular weight excluding hydrogens is 724 g/mol. The predicted molar refractivity (Wildman–Crippen MR) is 213 cm³/mol. The molecule has 0 radical (unpaired) electrons. The molecule has 0 spiro atoms. The molecular formula is C41H53ClN6O5S. The van der Waals surface area contributed by atoms with Crippen LogP contribution in [0.1, 0.15) is 67.4 Å². The highest BCUT2D eigenvalue weighted by molar-refractivity contribution is 7.90. The summed E-state index contributed by atoms with van der Waals surface area (Å²) in [5.41, 5.74) is 2.78. The van der Waals surface area contributed by atoms with Crippen molar-refractivity contribution >= 4 is 39.2 Å². The number of methoxy groups -OCH3 is 1. The summed E-state index contributed by atoms with van der Waals surface area (Å²) >= 11 is 6.41. The lowest BCUT2D eigenvalue weighted by Crippen LogP contribution is -2.58. The number of anilines is 2. The van der Waals surface area contributed by atoms with Gasteiger partial charge in [0.2, 0.25) is 16.0 Å². The Labute approximate surface area is 325 Å². The average molecular weight is 777 g/mol. The average Bonchev–Trinajstić information content (AvgIpc) is 3.19. The van der Waals surface area contributed by atoms with E-state index in [1.807, 2.05) is 50.4 Å². The van der Waals surface area contributed by atoms with Gasteiger partial charge in [0.15, 0.2) is 0 Å². The summed E-state index contributed by atoms with van der Waals surface area (Å²) in [6.45, 7) is 9.56. The number of hydrogen-bond acceptors (Lipinski definition) is 10. The number of aromatic nitrogens is 2. The fourth-order valence-corrected chi connectivity index (χ4v) is 10.0. The van der Waals surface area contributed by atoms with Crippen LogP contribution < -0.4 is 19.3 Å². The fourth-order valence-electron chi connectivity index (χ4n) is 8.54. The van der Waals surface area contributed by atoms with Crippen molar-refractivity contribution in [2.75, 3.05) is 62.7 Å². The second-order valence-electron chi connectivity index (χ2n) is 15.5. The number of carbonyl (C=O) groups excluding carboxylic acids is 1. The topological polar surface area (TPSA) is 117 Å².